The van der Waals surface area contributed by atoms with Crippen LogP contribution in [0, 0.1) is 5.82 Å². The summed E-state index contributed by atoms with van der Waals surface area (Å²) in [5.74, 6) is 1.28. The Balaban J connectivity index is 1.58. The molecule has 1 fully saturated rings. The van der Waals surface area contributed by atoms with E-state index < -0.39 is 0 Å². The lowest BCUT2D eigenvalue weighted by Gasteiger charge is -2.14. The van der Waals surface area contributed by atoms with E-state index in [1.165, 1.54) is 12.1 Å². The van der Waals surface area contributed by atoms with Gasteiger partial charge in [-0.1, -0.05) is 23.9 Å². The van der Waals surface area contributed by atoms with E-state index in [2.05, 4.69) is 19.9 Å². The van der Waals surface area contributed by atoms with Crippen LogP contribution in [-0.4, -0.2) is 37.3 Å². The topological polar surface area (TPSA) is 57.8 Å². The van der Waals surface area contributed by atoms with Crippen molar-refractivity contribution in [1.29, 1.82) is 0 Å². The second kappa shape index (κ2) is 7.59. The van der Waals surface area contributed by atoms with Gasteiger partial charge in [0.2, 0.25) is 0 Å². The molecule has 6 nitrogen and oxygen atoms in total. The number of ether oxygens (including phenoxy) is 1. The molecule has 26 heavy (non-hydrogen) atoms. The van der Waals surface area contributed by atoms with E-state index in [4.69, 9.17) is 4.74 Å². The highest BCUT2D eigenvalue weighted by Crippen LogP contribution is 2.28. The van der Waals surface area contributed by atoms with Crippen LogP contribution in [0.1, 0.15) is 18.4 Å². The average Bonchev–Trinajstić information content (AvgIpc) is 3.37. The Bertz CT molecular complexity index is 870. The molecule has 1 aliphatic heterocycles. The standard InChI is InChI=1S/C18H20FN5OS/c1-23-10-14(9-20-23)17-21-22-18(24(17)11-16-3-2-8-25-16)26-12-13-4-6-15(19)7-5-13/h4-7,9-10,16H,2-3,8,11-12H2,1H3/t16-/m1/s1. The molecular formula is C18H20FN5OS. The van der Waals surface area contributed by atoms with Crippen LogP contribution in [0.15, 0.2) is 41.8 Å². The Kier molecular flexibility index (Phi) is 5.03. The molecule has 0 bridgehead atoms. The van der Waals surface area contributed by atoms with Crippen LogP contribution < -0.4 is 0 Å². The third kappa shape index (κ3) is 3.81. The zero-order valence-corrected chi connectivity index (χ0v) is 15.3. The van der Waals surface area contributed by atoms with E-state index in [0.29, 0.717) is 5.75 Å². The summed E-state index contributed by atoms with van der Waals surface area (Å²) in [6, 6.07) is 6.55. The first-order valence-electron chi connectivity index (χ1n) is 8.60. The van der Waals surface area contributed by atoms with Gasteiger partial charge in [0.15, 0.2) is 11.0 Å². The van der Waals surface area contributed by atoms with E-state index in [1.807, 2.05) is 13.2 Å². The molecular weight excluding hydrogens is 353 g/mol. The summed E-state index contributed by atoms with van der Waals surface area (Å²) in [7, 11) is 1.88. The first-order chi connectivity index (χ1) is 12.7. The third-order valence-corrected chi connectivity index (χ3v) is 5.41. The molecule has 1 atom stereocenters. The fourth-order valence-electron chi connectivity index (χ4n) is 3.03. The lowest BCUT2D eigenvalue weighted by molar-refractivity contribution is 0.0953. The van der Waals surface area contributed by atoms with Gasteiger partial charge in [-0.15, -0.1) is 10.2 Å². The van der Waals surface area contributed by atoms with Gasteiger partial charge in [-0.05, 0) is 30.5 Å². The second-order valence-electron chi connectivity index (χ2n) is 6.37. The maximum atomic E-state index is 13.1. The summed E-state index contributed by atoms with van der Waals surface area (Å²) >= 11 is 1.60. The zero-order valence-electron chi connectivity index (χ0n) is 14.5. The number of aromatic nitrogens is 5. The molecule has 0 unspecified atom stereocenters. The molecule has 0 spiro atoms. The smallest absolute Gasteiger partial charge is 0.191 e. The summed E-state index contributed by atoms with van der Waals surface area (Å²) < 4.78 is 22.8. The van der Waals surface area contributed by atoms with Gasteiger partial charge < -0.3 is 4.74 Å². The number of nitrogens with zero attached hydrogens (tertiary/aromatic N) is 5. The summed E-state index contributed by atoms with van der Waals surface area (Å²) in [6.45, 7) is 1.54. The van der Waals surface area contributed by atoms with Crippen LogP contribution in [0.2, 0.25) is 0 Å². The van der Waals surface area contributed by atoms with Crippen LogP contribution in [-0.2, 0) is 24.1 Å². The Hall–Kier alpha value is -2.19. The highest BCUT2D eigenvalue weighted by Gasteiger charge is 2.22. The minimum atomic E-state index is -0.223. The first-order valence-corrected chi connectivity index (χ1v) is 9.58. The normalized spacial score (nSPS) is 17.1. The first kappa shape index (κ1) is 17.2. The van der Waals surface area contributed by atoms with Crippen molar-refractivity contribution >= 4 is 11.8 Å². The quantitative estimate of drug-likeness (QED) is 0.621. The van der Waals surface area contributed by atoms with E-state index in [0.717, 1.165) is 48.1 Å². The highest BCUT2D eigenvalue weighted by molar-refractivity contribution is 7.98. The molecule has 0 aliphatic carbocycles. The van der Waals surface area contributed by atoms with Gasteiger partial charge in [-0.2, -0.15) is 5.10 Å². The van der Waals surface area contributed by atoms with Crippen molar-refractivity contribution in [3.8, 4) is 11.4 Å². The number of rotatable bonds is 6. The minimum Gasteiger partial charge on any atom is -0.376 e. The van der Waals surface area contributed by atoms with Crippen molar-refractivity contribution in [1.82, 2.24) is 24.5 Å². The molecule has 1 saturated heterocycles. The summed E-state index contributed by atoms with van der Waals surface area (Å²) in [4.78, 5) is 0. The molecule has 2 aromatic heterocycles. The maximum Gasteiger partial charge on any atom is 0.191 e. The Morgan fingerprint density at radius 1 is 1.27 bits per heavy atom. The number of thioether (sulfide) groups is 1. The average molecular weight is 373 g/mol. The number of halogens is 1. The Morgan fingerprint density at radius 3 is 2.81 bits per heavy atom. The second-order valence-corrected chi connectivity index (χ2v) is 7.31. The van der Waals surface area contributed by atoms with Gasteiger partial charge in [0.25, 0.3) is 0 Å². The van der Waals surface area contributed by atoms with Crippen molar-refractivity contribution in [2.24, 2.45) is 7.05 Å². The largest absolute Gasteiger partial charge is 0.376 e. The summed E-state index contributed by atoms with van der Waals surface area (Å²) in [5.41, 5.74) is 1.98. The summed E-state index contributed by atoms with van der Waals surface area (Å²) in [5, 5.41) is 13.9. The lowest BCUT2D eigenvalue weighted by atomic mass is 10.2. The van der Waals surface area contributed by atoms with Crippen molar-refractivity contribution in [2.75, 3.05) is 6.61 Å². The predicted molar refractivity (Wildman–Crippen MR) is 97.2 cm³/mol. The molecule has 8 heteroatoms. The van der Waals surface area contributed by atoms with Gasteiger partial charge >= 0.3 is 0 Å². The van der Waals surface area contributed by atoms with Gasteiger partial charge in [0.1, 0.15) is 5.82 Å². The van der Waals surface area contributed by atoms with E-state index in [1.54, 1.807) is 34.8 Å². The number of hydrogen-bond donors (Lipinski definition) is 0. The number of benzene rings is 1. The minimum absolute atomic E-state index is 0.187. The van der Waals surface area contributed by atoms with Gasteiger partial charge in [-0.3, -0.25) is 9.25 Å². The van der Waals surface area contributed by atoms with Crippen LogP contribution in [0.3, 0.4) is 0 Å². The third-order valence-electron chi connectivity index (χ3n) is 4.37. The molecule has 3 aromatic rings. The molecule has 0 N–H and O–H groups in total. The molecule has 0 saturated carbocycles. The van der Waals surface area contributed by atoms with Crippen molar-refractivity contribution in [3.05, 3.63) is 48.0 Å². The Labute approximate surface area is 155 Å². The van der Waals surface area contributed by atoms with Crippen LogP contribution >= 0.6 is 11.8 Å². The van der Waals surface area contributed by atoms with Gasteiger partial charge in [-0.25, -0.2) is 4.39 Å². The molecule has 136 valence electrons. The van der Waals surface area contributed by atoms with E-state index >= 15 is 0 Å². The molecule has 3 heterocycles. The Morgan fingerprint density at radius 2 is 2.12 bits per heavy atom. The zero-order chi connectivity index (χ0) is 17.9. The highest BCUT2D eigenvalue weighted by atomic mass is 32.2. The lowest BCUT2D eigenvalue weighted by Crippen LogP contribution is -2.16. The van der Waals surface area contributed by atoms with Crippen molar-refractivity contribution < 1.29 is 9.13 Å². The fourth-order valence-corrected chi connectivity index (χ4v) is 3.93. The predicted octanol–water partition coefficient (Wildman–Crippen LogP) is 3.29. The van der Waals surface area contributed by atoms with Gasteiger partial charge in [0.05, 0.1) is 24.4 Å². The van der Waals surface area contributed by atoms with Crippen LogP contribution in [0.4, 0.5) is 4.39 Å². The SMILES string of the molecule is Cn1cc(-c2nnc(SCc3ccc(F)cc3)n2C[C@H]2CCCO2)cn1. The molecule has 4 rings (SSSR count). The molecule has 0 amide bonds. The number of hydrogen-bond acceptors (Lipinski definition) is 5. The van der Waals surface area contributed by atoms with E-state index in [-0.39, 0.29) is 11.9 Å². The number of aryl methyl sites for hydroxylation is 1. The fraction of sp³-hybridized carbons (Fsp3) is 0.389. The van der Waals surface area contributed by atoms with Crippen molar-refractivity contribution in [2.45, 2.75) is 36.4 Å². The monoisotopic (exact) mass is 373 g/mol. The van der Waals surface area contributed by atoms with Crippen molar-refractivity contribution in [3.63, 3.8) is 0 Å². The van der Waals surface area contributed by atoms with E-state index in [9.17, 15) is 4.39 Å². The van der Waals surface area contributed by atoms with Gasteiger partial charge in [0, 0.05) is 25.6 Å². The van der Waals surface area contributed by atoms with Crippen LogP contribution in [0.5, 0.6) is 0 Å². The van der Waals surface area contributed by atoms with Crippen LogP contribution in [0.25, 0.3) is 11.4 Å². The summed E-state index contributed by atoms with van der Waals surface area (Å²) in [6.07, 6.45) is 6.06. The molecule has 1 aromatic carbocycles. The molecule has 1 aliphatic rings. The molecule has 0 radical (unpaired) electrons. The maximum absolute atomic E-state index is 13.1.